The molecule has 1 N–H and O–H groups in total. The van der Waals surface area contributed by atoms with Gasteiger partial charge in [0.2, 0.25) is 0 Å². The Bertz CT molecular complexity index is 847. The molecule has 0 atom stereocenters. The average molecular weight is 346 g/mol. The van der Waals surface area contributed by atoms with Gasteiger partial charge < -0.3 is 10.2 Å². The third-order valence-corrected chi connectivity index (χ3v) is 5.01. The first kappa shape index (κ1) is 15.1. The maximum Gasteiger partial charge on any atom is 0.324 e. The number of urea groups is 1. The average Bonchev–Trinajstić information content (AvgIpc) is 2.79. The normalized spacial score (nSPS) is 20.1. The van der Waals surface area contributed by atoms with Crippen LogP contribution in [0.15, 0.2) is 24.4 Å². The van der Waals surface area contributed by atoms with Crippen molar-refractivity contribution < 1.29 is 9.59 Å². The van der Waals surface area contributed by atoms with Crippen molar-refractivity contribution in [3.05, 3.63) is 29.4 Å². The molecule has 124 valence electrons. The fourth-order valence-electron chi connectivity index (χ4n) is 3.36. The first-order valence-corrected chi connectivity index (χ1v) is 8.14. The number of pyridine rings is 2. The lowest BCUT2D eigenvalue weighted by Crippen LogP contribution is -2.55. The predicted octanol–water partition coefficient (Wildman–Crippen LogP) is 1.80. The molecule has 0 bridgehead atoms. The van der Waals surface area contributed by atoms with Gasteiger partial charge in [-0.3, -0.25) is 9.69 Å². The zero-order valence-corrected chi connectivity index (χ0v) is 13.9. The van der Waals surface area contributed by atoms with Crippen LogP contribution in [0, 0.1) is 0 Å². The number of carbonyl (C=O) groups excluding carboxylic acids is 2. The number of likely N-dealkylation sites (N-methyl/N-ethyl adjacent to an activating group) is 1. The molecule has 8 heteroatoms. The van der Waals surface area contributed by atoms with E-state index in [0.717, 1.165) is 16.1 Å². The molecular weight excluding hydrogens is 330 g/mol. The van der Waals surface area contributed by atoms with E-state index in [1.165, 1.54) is 7.05 Å². The van der Waals surface area contributed by atoms with Crippen molar-refractivity contribution in [3.63, 3.8) is 0 Å². The summed E-state index contributed by atoms with van der Waals surface area (Å²) in [4.78, 5) is 36.2. The molecule has 7 nitrogen and oxygen atoms in total. The van der Waals surface area contributed by atoms with Gasteiger partial charge in [-0.05, 0) is 31.0 Å². The third-order valence-electron chi connectivity index (χ3n) is 4.80. The summed E-state index contributed by atoms with van der Waals surface area (Å²) in [7, 11) is 1.51. The van der Waals surface area contributed by atoms with Crippen LogP contribution in [0.3, 0.4) is 0 Å². The van der Waals surface area contributed by atoms with E-state index in [4.69, 9.17) is 11.6 Å². The van der Waals surface area contributed by atoms with Gasteiger partial charge in [-0.2, -0.15) is 0 Å². The molecule has 2 aliphatic heterocycles. The Kier molecular flexibility index (Phi) is 3.35. The van der Waals surface area contributed by atoms with Crippen LogP contribution in [0.4, 0.5) is 10.6 Å². The summed E-state index contributed by atoms with van der Waals surface area (Å²) < 4.78 is 0. The number of halogens is 1. The van der Waals surface area contributed by atoms with Gasteiger partial charge in [0, 0.05) is 31.7 Å². The summed E-state index contributed by atoms with van der Waals surface area (Å²) in [5, 5.41) is 4.31. The van der Waals surface area contributed by atoms with E-state index in [0.29, 0.717) is 36.6 Å². The van der Waals surface area contributed by atoms with Crippen molar-refractivity contribution in [3.8, 4) is 0 Å². The number of hydrogen-bond donors (Lipinski definition) is 1. The van der Waals surface area contributed by atoms with Crippen molar-refractivity contribution in [2.75, 3.05) is 25.0 Å². The van der Waals surface area contributed by atoms with E-state index in [1.807, 2.05) is 18.2 Å². The topological polar surface area (TPSA) is 78.4 Å². The molecule has 2 aromatic heterocycles. The van der Waals surface area contributed by atoms with E-state index in [-0.39, 0.29) is 11.9 Å². The Labute approximate surface area is 143 Å². The highest BCUT2D eigenvalue weighted by atomic mass is 35.5. The van der Waals surface area contributed by atoms with Gasteiger partial charge in [-0.25, -0.2) is 14.8 Å². The smallest absolute Gasteiger partial charge is 0.324 e. The highest BCUT2D eigenvalue weighted by Gasteiger charge is 2.51. The monoisotopic (exact) mass is 345 g/mol. The molecule has 2 fully saturated rings. The molecule has 0 aromatic carbocycles. The standard InChI is InChI=1S/C16H16ClN5O2/c1-21-14(23)16(20-15(21)24)4-6-22(7-5-16)12-3-2-10-8-11(17)9-18-13(10)19-12/h2-3,8-9H,4-7H2,1H3,(H,20,24). The third kappa shape index (κ3) is 2.27. The lowest BCUT2D eigenvalue weighted by molar-refractivity contribution is -0.131. The second-order valence-electron chi connectivity index (χ2n) is 6.23. The van der Waals surface area contributed by atoms with Crippen LogP contribution >= 0.6 is 11.6 Å². The Morgan fingerprint density at radius 3 is 2.67 bits per heavy atom. The van der Waals surface area contributed by atoms with Crippen molar-refractivity contribution in [2.45, 2.75) is 18.4 Å². The summed E-state index contributed by atoms with van der Waals surface area (Å²) in [5.74, 6) is 0.673. The first-order valence-electron chi connectivity index (χ1n) is 7.76. The van der Waals surface area contributed by atoms with Crippen LogP contribution in [0.25, 0.3) is 11.0 Å². The number of imide groups is 1. The van der Waals surface area contributed by atoms with E-state index in [9.17, 15) is 9.59 Å². The van der Waals surface area contributed by atoms with Gasteiger partial charge in [-0.15, -0.1) is 0 Å². The Morgan fingerprint density at radius 1 is 1.25 bits per heavy atom. The Hall–Kier alpha value is -2.41. The summed E-state index contributed by atoms with van der Waals surface area (Å²) in [6.45, 7) is 1.29. The lowest BCUT2D eigenvalue weighted by Gasteiger charge is -2.37. The minimum absolute atomic E-state index is 0.144. The van der Waals surface area contributed by atoms with E-state index < -0.39 is 5.54 Å². The number of nitrogens with one attached hydrogen (secondary N) is 1. The van der Waals surface area contributed by atoms with Crippen molar-refractivity contribution in [1.29, 1.82) is 0 Å². The van der Waals surface area contributed by atoms with Crippen molar-refractivity contribution in [1.82, 2.24) is 20.2 Å². The van der Waals surface area contributed by atoms with Gasteiger partial charge in [0.05, 0.1) is 5.02 Å². The minimum Gasteiger partial charge on any atom is -0.356 e. The minimum atomic E-state index is -0.759. The molecule has 0 radical (unpaired) electrons. The summed E-state index contributed by atoms with van der Waals surface area (Å²) in [5.41, 5.74) is -0.118. The number of piperidine rings is 1. The summed E-state index contributed by atoms with van der Waals surface area (Å²) in [6.07, 6.45) is 2.71. The number of hydrogen-bond acceptors (Lipinski definition) is 5. The number of anilines is 1. The number of nitrogens with zero attached hydrogens (tertiary/aromatic N) is 4. The highest BCUT2D eigenvalue weighted by molar-refractivity contribution is 6.31. The fourth-order valence-corrected chi connectivity index (χ4v) is 3.53. The van der Waals surface area contributed by atoms with Crippen LogP contribution in [-0.2, 0) is 4.79 Å². The van der Waals surface area contributed by atoms with Crippen LogP contribution in [0.2, 0.25) is 5.02 Å². The number of carbonyl (C=O) groups is 2. The van der Waals surface area contributed by atoms with Crippen LogP contribution in [0.1, 0.15) is 12.8 Å². The molecule has 0 saturated carbocycles. The van der Waals surface area contributed by atoms with Gasteiger partial charge >= 0.3 is 6.03 Å². The van der Waals surface area contributed by atoms with Gasteiger partial charge in [0.1, 0.15) is 11.4 Å². The zero-order chi connectivity index (χ0) is 16.9. The molecule has 0 unspecified atom stereocenters. The number of fused-ring (bicyclic) bond motifs is 1. The van der Waals surface area contributed by atoms with Crippen LogP contribution in [-0.4, -0.2) is 52.5 Å². The van der Waals surface area contributed by atoms with Gasteiger partial charge in [-0.1, -0.05) is 11.6 Å². The molecular formula is C16H16ClN5O2. The maximum absolute atomic E-state index is 12.3. The quantitative estimate of drug-likeness (QED) is 0.797. The maximum atomic E-state index is 12.3. The van der Waals surface area contributed by atoms with E-state index in [1.54, 1.807) is 6.20 Å². The number of aromatic nitrogens is 2. The molecule has 2 saturated heterocycles. The molecule has 4 heterocycles. The van der Waals surface area contributed by atoms with Crippen LogP contribution in [0.5, 0.6) is 0 Å². The molecule has 24 heavy (non-hydrogen) atoms. The Morgan fingerprint density at radius 2 is 2.00 bits per heavy atom. The van der Waals surface area contributed by atoms with Crippen molar-refractivity contribution >= 4 is 40.4 Å². The second kappa shape index (κ2) is 5.31. The van der Waals surface area contributed by atoms with E-state index >= 15 is 0 Å². The van der Waals surface area contributed by atoms with Gasteiger partial charge in [0.15, 0.2) is 5.65 Å². The molecule has 2 aliphatic rings. The van der Waals surface area contributed by atoms with Crippen LogP contribution < -0.4 is 10.2 Å². The van der Waals surface area contributed by atoms with Crippen molar-refractivity contribution in [2.24, 2.45) is 0 Å². The molecule has 0 aliphatic carbocycles. The predicted molar refractivity (Wildman–Crippen MR) is 90.0 cm³/mol. The molecule has 2 aromatic rings. The summed E-state index contributed by atoms with van der Waals surface area (Å²) >= 11 is 5.94. The first-order chi connectivity index (χ1) is 11.5. The molecule has 4 rings (SSSR count). The number of rotatable bonds is 1. The molecule has 3 amide bonds. The molecule has 1 spiro atoms. The lowest BCUT2D eigenvalue weighted by atomic mass is 9.87. The summed E-state index contributed by atoms with van der Waals surface area (Å²) in [6, 6.07) is 5.38. The SMILES string of the molecule is CN1C(=O)NC2(CCN(c3ccc4cc(Cl)cnc4n3)CC2)C1=O. The van der Waals surface area contributed by atoms with E-state index in [2.05, 4.69) is 20.2 Å². The zero-order valence-electron chi connectivity index (χ0n) is 13.1. The Balaban J connectivity index is 1.55. The largest absolute Gasteiger partial charge is 0.356 e. The fraction of sp³-hybridized carbons (Fsp3) is 0.375. The second-order valence-corrected chi connectivity index (χ2v) is 6.67. The van der Waals surface area contributed by atoms with Gasteiger partial charge in [0.25, 0.3) is 5.91 Å². The highest BCUT2D eigenvalue weighted by Crippen LogP contribution is 2.31. The number of amides is 3.